The molecule has 2 rings (SSSR count). The van der Waals surface area contributed by atoms with Crippen LogP contribution in [0.15, 0.2) is 42.5 Å². The van der Waals surface area contributed by atoms with E-state index in [2.05, 4.69) is 5.32 Å². The van der Waals surface area contributed by atoms with E-state index in [1.54, 1.807) is 36.4 Å². The second-order valence-corrected chi connectivity index (χ2v) is 8.06. The van der Waals surface area contributed by atoms with E-state index in [1.165, 1.54) is 20.3 Å². The maximum absolute atomic E-state index is 12.3. The Morgan fingerprint density at radius 2 is 1.70 bits per heavy atom. The summed E-state index contributed by atoms with van der Waals surface area (Å²) in [6.07, 6.45) is 1.04. The molecule has 9 heteroatoms. The van der Waals surface area contributed by atoms with E-state index in [0.717, 1.165) is 16.1 Å². The fourth-order valence-electron chi connectivity index (χ4n) is 2.37. The first-order valence-electron chi connectivity index (χ1n) is 7.95. The topological polar surface area (TPSA) is 84.9 Å². The van der Waals surface area contributed by atoms with Gasteiger partial charge in [0.2, 0.25) is 15.9 Å². The van der Waals surface area contributed by atoms with Crippen molar-refractivity contribution in [3.8, 4) is 11.5 Å². The number of nitrogens with one attached hydrogen (secondary N) is 1. The van der Waals surface area contributed by atoms with Crippen LogP contribution in [0, 0.1) is 0 Å². The van der Waals surface area contributed by atoms with Crippen LogP contribution in [0.25, 0.3) is 0 Å². The lowest BCUT2D eigenvalue weighted by molar-refractivity contribution is -0.119. The average molecular weight is 413 g/mol. The van der Waals surface area contributed by atoms with Gasteiger partial charge in [-0.3, -0.25) is 9.10 Å². The predicted octanol–water partition coefficient (Wildman–Crippen LogP) is 2.44. The molecule has 0 unspecified atom stereocenters. The third-order valence-electron chi connectivity index (χ3n) is 3.75. The van der Waals surface area contributed by atoms with E-state index < -0.39 is 15.9 Å². The van der Waals surface area contributed by atoms with Crippen LogP contribution >= 0.6 is 11.6 Å². The summed E-state index contributed by atoms with van der Waals surface area (Å²) >= 11 is 5.83. The highest BCUT2D eigenvalue weighted by atomic mass is 35.5. The number of carbonyl (C=O) groups excluding carboxylic acids is 1. The minimum atomic E-state index is -3.69. The average Bonchev–Trinajstić information content (AvgIpc) is 2.64. The number of rotatable bonds is 8. The Labute approximate surface area is 163 Å². The molecule has 0 saturated carbocycles. The van der Waals surface area contributed by atoms with Crippen molar-refractivity contribution in [3.63, 3.8) is 0 Å². The Morgan fingerprint density at radius 3 is 2.26 bits per heavy atom. The van der Waals surface area contributed by atoms with E-state index in [4.69, 9.17) is 21.1 Å². The molecule has 1 amide bonds. The fraction of sp³-hybridized carbons (Fsp3) is 0.278. The molecule has 0 bridgehead atoms. The van der Waals surface area contributed by atoms with Crippen LogP contribution in [0.2, 0.25) is 5.02 Å². The first-order valence-corrected chi connectivity index (χ1v) is 10.2. The molecular weight excluding hydrogens is 392 g/mol. The number of amides is 1. The number of halogens is 1. The molecule has 0 aliphatic heterocycles. The van der Waals surface area contributed by atoms with Crippen molar-refractivity contribution in [1.29, 1.82) is 0 Å². The number of ether oxygens (including phenoxy) is 2. The number of anilines is 1. The normalized spacial score (nSPS) is 11.0. The number of hydrogen-bond donors (Lipinski definition) is 1. The highest BCUT2D eigenvalue weighted by Gasteiger charge is 2.22. The second kappa shape index (κ2) is 8.96. The third kappa shape index (κ3) is 5.77. The van der Waals surface area contributed by atoms with E-state index in [1.807, 2.05) is 0 Å². The quantitative estimate of drug-likeness (QED) is 0.719. The van der Waals surface area contributed by atoms with Crippen LogP contribution < -0.4 is 19.1 Å². The minimum absolute atomic E-state index is 0.263. The Hall–Kier alpha value is -2.45. The lowest BCUT2D eigenvalue weighted by Crippen LogP contribution is -2.40. The van der Waals surface area contributed by atoms with E-state index >= 15 is 0 Å². The second-order valence-electron chi connectivity index (χ2n) is 5.71. The van der Waals surface area contributed by atoms with Gasteiger partial charge in [-0.05, 0) is 29.8 Å². The molecule has 0 saturated heterocycles. The monoisotopic (exact) mass is 412 g/mol. The molecule has 0 atom stereocenters. The summed E-state index contributed by atoms with van der Waals surface area (Å²) in [4.78, 5) is 12.3. The molecule has 27 heavy (non-hydrogen) atoms. The van der Waals surface area contributed by atoms with Crippen molar-refractivity contribution in [2.75, 3.05) is 31.3 Å². The molecule has 7 nitrogen and oxygen atoms in total. The summed E-state index contributed by atoms with van der Waals surface area (Å²) in [6.45, 7) is -0.0958. The van der Waals surface area contributed by atoms with Crippen LogP contribution in [-0.2, 0) is 21.4 Å². The van der Waals surface area contributed by atoms with Gasteiger partial charge in [-0.2, -0.15) is 0 Å². The first kappa shape index (κ1) is 20.9. The molecule has 0 spiro atoms. The van der Waals surface area contributed by atoms with Crippen LogP contribution in [-0.4, -0.2) is 41.3 Å². The summed E-state index contributed by atoms with van der Waals surface area (Å²) in [5.74, 6) is 0.386. The van der Waals surface area contributed by atoms with Crippen LogP contribution in [0.5, 0.6) is 11.5 Å². The molecule has 1 N–H and O–H groups in total. The molecule has 0 radical (unpaired) electrons. The number of sulfonamides is 1. The van der Waals surface area contributed by atoms with Gasteiger partial charge in [0.25, 0.3) is 0 Å². The van der Waals surface area contributed by atoms with Gasteiger partial charge in [0.05, 0.1) is 26.2 Å². The number of carbonyl (C=O) groups is 1. The number of methoxy groups -OCH3 is 2. The molecule has 0 aromatic heterocycles. The SMILES string of the molecule is COc1ccc(N(CC(=O)NCc2ccc(Cl)cc2)S(C)(=O)=O)cc1OC. The zero-order valence-corrected chi connectivity index (χ0v) is 16.8. The molecule has 0 fully saturated rings. The smallest absolute Gasteiger partial charge is 0.241 e. The van der Waals surface area contributed by atoms with Gasteiger partial charge < -0.3 is 14.8 Å². The zero-order chi connectivity index (χ0) is 20.0. The van der Waals surface area contributed by atoms with E-state index in [-0.39, 0.29) is 13.1 Å². The van der Waals surface area contributed by atoms with Crippen LogP contribution in [0.4, 0.5) is 5.69 Å². The minimum Gasteiger partial charge on any atom is -0.493 e. The Kier molecular flexibility index (Phi) is 6.92. The highest BCUT2D eigenvalue weighted by molar-refractivity contribution is 7.92. The van der Waals surface area contributed by atoms with Gasteiger partial charge >= 0.3 is 0 Å². The van der Waals surface area contributed by atoms with Gasteiger partial charge in [-0.15, -0.1) is 0 Å². The van der Waals surface area contributed by atoms with Crippen LogP contribution in [0.1, 0.15) is 5.56 Å². The molecule has 0 aliphatic rings. The molecular formula is C18H21ClN2O5S. The molecule has 2 aromatic carbocycles. The van der Waals surface area contributed by atoms with E-state index in [9.17, 15) is 13.2 Å². The highest BCUT2D eigenvalue weighted by Crippen LogP contribution is 2.32. The summed E-state index contributed by atoms with van der Waals surface area (Å²) in [5, 5.41) is 3.30. The summed E-state index contributed by atoms with van der Waals surface area (Å²) in [7, 11) is -0.756. The molecule has 0 heterocycles. The standard InChI is InChI=1S/C18H21ClN2O5S/c1-25-16-9-8-15(10-17(16)26-2)21(27(3,23)24)12-18(22)20-11-13-4-6-14(19)7-5-13/h4-10H,11-12H2,1-3H3,(H,20,22). The molecule has 0 aliphatic carbocycles. The Balaban J connectivity index is 2.15. The lowest BCUT2D eigenvalue weighted by Gasteiger charge is -2.23. The van der Waals surface area contributed by atoms with Crippen LogP contribution in [0.3, 0.4) is 0 Å². The summed E-state index contributed by atoms with van der Waals surface area (Å²) in [5.41, 5.74) is 1.15. The Morgan fingerprint density at radius 1 is 1.07 bits per heavy atom. The van der Waals surface area contributed by atoms with Crippen molar-refractivity contribution in [3.05, 3.63) is 53.1 Å². The number of benzene rings is 2. The van der Waals surface area contributed by atoms with Crippen molar-refractivity contribution < 1.29 is 22.7 Å². The summed E-state index contributed by atoms with van der Waals surface area (Å²) in [6, 6.07) is 11.6. The Bertz CT molecular complexity index is 900. The third-order valence-corrected chi connectivity index (χ3v) is 5.14. The van der Waals surface area contributed by atoms with Gasteiger partial charge in [0, 0.05) is 17.6 Å². The maximum Gasteiger partial charge on any atom is 0.241 e. The lowest BCUT2D eigenvalue weighted by atomic mass is 10.2. The molecule has 146 valence electrons. The zero-order valence-electron chi connectivity index (χ0n) is 15.2. The number of nitrogens with zero attached hydrogens (tertiary/aromatic N) is 1. The van der Waals surface area contributed by atoms with Gasteiger partial charge in [-0.25, -0.2) is 8.42 Å². The van der Waals surface area contributed by atoms with Crippen molar-refractivity contribution in [1.82, 2.24) is 5.32 Å². The first-order chi connectivity index (χ1) is 12.7. The fourth-order valence-corrected chi connectivity index (χ4v) is 3.34. The van der Waals surface area contributed by atoms with Crippen molar-refractivity contribution in [2.45, 2.75) is 6.54 Å². The van der Waals surface area contributed by atoms with Gasteiger partial charge in [0.15, 0.2) is 11.5 Å². The summed E-state index contributed by atoms with van der Waals surface area (Å²) < 4.78 is 35.7. The maximum atomic E-state index is 12.3. The molecule has 2 aromatic rings. The van der Waals surface area contributed by atoms with Crippen molar-refractivity contribution in [2.24, 2.45) is 0 Å². The van der Waals surface area contributed by atoms with Gasteiger partial charge in [-0.1, -0.05) is 23.7 Å². The number of hydrogen-bond acceptors (Lipinski definition) is 5. The van der Waals surface area contributed by atoms with Gasteiger partial charge in [0.1, 0.15) is 6.54 Å². The largest absolute Gasteiger partial charge is 0.493 e. The predicted molar refractivity (Wildman–Crippen MR) is 105 cm³/mol. The van der Waals surface area contributed by atoms with E-state index in [0.29, 0.717) is 22.2 Å². The van der Waals surface area contributed by atoms with Crippen molar-refractivity contribution >= 4 is 33.2 Å².